The zero-order chi connectivity index (χ0) is 51.2. The van der Waals surface area contributed by atoms with Crippen LogP contribution in [0.2, 0.25) is 0 Å². The lowest BCUT2D eigenvalue weighted by atomic mass is 9.12. The number of halogens is 20. The smallest absolute Gasteiger partial charge is 0.228 e. The first kappa shape index (κ1) is 48.7. The predicted octanol–water partition coefficient (Wildman–Crippen LogP) is 10.00. The largest absolute Gasteiger partial charge is 0.287 e. The molecule has 0 amide bonds. The standard InChI is InChI=1S/C24BF20.C22H15N2O/c26-5-1(6(27)14(35)21(42)13(5)34)25(2-7(28)15(36)22(43)16(37)8(2)29,3-9(30)17(38)23(44)18(39)10(3)31)4-11(32)19(40)24(45)20(41)12(4)33;25-20(14-24-12-10-23-11-13-24)18-8-6-17-5-4-15-2-1-3-16-7-9-19(18)22(17)21(15)16/h;1-13H,14H2/q-1;+1. The van der Waals surface area contributed by atoms with Crippen LogP contribution >= 0.6 is 0 Å². The second kappa shape index (κ2) is 17.6. The molecule has 0 aliphatic rings. The third-order valence-electron chi connectivity index (χ3n) is 11.6. The minimum atomic E-state index is -7.22. The maximum absolute atomic E-state index is 15.4. The van der Waals surface area contributed by atoms with E-state index in [1.807, 2.05) is 23.0 Å². The van der Waals surface area contributed by atoms with E-state index in [1.54, 1.807) is 12.4 Å². The van der Waals surface area contributed by atoms with E-state index in [0.29, 0.717) is 6.54 Å². The molecule has 0 atom stereocenters. The summed E-state index contributed by atoms with van der Waals surface area (Å²) in [6.07, 6.45) is -0.207. The van der Waals surface area contributed by atoms with Gasteiger partial charge in [-0.05, 0) is 38.4 Å². The molecule has 0 saturated carbocycles. The number of benzene rings is 8. The number of ketones is 1. The zero-order valence-corrected chi connectivity index (χ0v) is 33.7. The van der Waals surface area contributed by atoms with Crippen LogP contribution in [-0.2, 0) is 6.54 Å². The van der Waals surface area contributed by atoms with Gasteiger partial charge in [-0.1, -0.05) is 48.5 Å². The molecule has 70 heavy (non-hydrogen) atoms. The number of Topliss-reactive ketones (excluding diaryl/α,β-unsaturated/α-hetero) is 1. The third kappa shape index (κ3) is 7.04. The number of carbonyl (C=O) groups excluding carboxylic acids is 1. The van der Waals surface area contributed by atoms with Gasteiger partial charge in [0.2, 0.25) is 12.3 Å². The zero-order valence-electron chi connectivity index (χ0n) is 33.7. The number of hydrogen-bond acceptors (Lipinski definition) is 2. The Labute approximate surface area is 375 Å². The van der Waals surface area contributed by atoms with Crippen LogP contribution in [0.3, 0.4) is 0 Å². The molecule has 0 spiro atoms. The van der Waals surface area contributed by atoms with Gasteiger partial charge in [-0.15, -0.1) is 21.9 Å². The molecule has 1 aromatic heterocycles. The van der Waals surface area contributed by atoms with E-state index in [4.69, 9.17) is 0 Å². The summed E-state index contributed by atoms with van der Waals surface area (Å²) in [6.45, 7) is 0.312. The summed E-state index contributed by atoms with van der Waals surface area (Å²) in [4.78, 5) is 16.9. The van der Waals surface area contributed by atoms with Crippen LogP contribution in [0.4, 0.5) is 87.8 Å². The van der Waals surface area contributed by atoms with E-state index < -0.39 is 144 Å². The number of carbonyl (C=O) groups is 1. The summed E-state index contributed by atoms with van der Waals surface area (Å²) < 4.78 is 296. The average molecular weight is 1000 g/mol. The Morgan fingerprint density at radius 2 is 0.657 bits per heavy atom. The summed E-state index contributed by atoms with van der Waals surface area (Å²) in [7, 11) is 0. The molecule has 0 bridgehead atoms. The quantitative estimate of drug-likeness (QED) is 0.0303. The van der Waals surface area contributed by atoms with Crippen molar-refractivity contribution < 1.29 is 97.2 Å². The summed E-state index contributed by atoms with van der Waals surface area (Å²) in [6, 6.07) is 18.8. The van der Waals surface area contributed by atoms with Crippen molar-refractivity contribution in [1.82, 2.24) is 4.98 Å². The van der Waals surface area contributed by atoms with Gasteiger partial charge >= 0.3 is 0 Å². The Hall–Kier alpha value is -7.79. The van der Waals surface area contributed by atoms with Crippen molar-refractivity contribution in [2.75, 3.05) is 0 Å². The molecule has 9 rings (SSSR count). The van der Waals surface area contributed by atoms with Gasteiger partial charge in [0, 0.05) is 5.56 Å². The van der Waals surface area contributed by atoms with Crippen molar-refractivity contribution >= 4 is 66.1 Å². The number of hydrogen-bond donors (Lipinski definition) is 0. The predicted molar refractivity (Wildman–Crippen MR) is 208 cm³/mol. The monoisotopic (exact) mass is 1000 g/mol. The highest BCUT2D eigenvalue weighted by Crippen LogP contribution is 2.36. The van der Waals surface area contributed by atoms with Gasteiger partial charge in [0.1, 0.15) is 52.7 Å². The third-order valence-corrected chi connectivity index (χ3v) is 11.6. The molecule has 0 aliphatic carbocycles. The summed E-state index contributed by atoms with van der Waals surface area (Å²) in [5, 5.41) is 7.05. The van der Waals surface area contributed by atoms with E-state index in [1.165, 1.54) is 26.9 Å². The highest BCUT2D eigenvalue weighted by molar-refractivity contribution is 7.20. The molecule has 9 aromatic rings. The second-order valence-electron chi connectivity index (χ2n) is 15.1. The highest BCUT2D eigenvalue weighted by Gasteiger charge is 2.52. The van der Waals surface area contributed by atoms with Crippen LogP contribution in [0, 0.1) is 116 Å². The molecule has 8 aromatic carbocycles. The molecular formula is C46H15BF20N2O. The summed E-state index contributed by atoms with van der Waals surface area (Å²) in [5.41, 5.74) is -13.6. The Morgan fingerprint density at radius 1 is 0.371 bits per heavy atom. The van der Waals surface area contributed by atoms with Crippen LogP contribution in [0.25, 0.3) is 32.3 Å². The van der Waals surface area contributed by atoms with Gasteiger partial charge in [0.05, 0.1) is 12.4 Å². The fourth-order valence-corrected chi connectivity index (χ4v) is 8.56. The fourth-order valence-electron chi connectivity index (χ4n) is 8.56. The lowest BCUT2D eigenvalue weighted by Crippen LogP contribution is -2.81. The van der Waals surface area contributed by atoms with E-state index in [2.05, 4.69) is 53.5 Å². The molecule has 3 nitrogen and oxygen atoms in total. The first-order valence-electron chi connectivity index (χ1n) is 19.2. The van der Waals surface area contributed by atoms with E-state index in [0.717, 1.165) is 10.9 Å². The maximum Gasteiger partial charge on any atom is 0.228 e. The van der Waals surface area contributed by atoms with Crippen molar-refractivity contribution in [2.24, 2.45) is 0 Å². The first-order chi connectivity index (χ1) is 33.0. The highest BCUT2D eigenvalue weighted by atomic mass is 19.2. The van der Waals surface area contributed by atoms with Gasteiger partial charge in [-0.2, -0.15) is 4.57 Å². The molecule has 0 unspecified atom stereocenters. The second-order valence-corrected chi connectivity index (χ2v) is 15.1. The minimum absolute atomic E-state index is 0.106. The molecule has 0 saturated heterocycles. The Bertz CT molecular complexity index is 3270. The van der Waals surface area contributed by atoms with Crippen molar-refractivity contribution in [2.45, 2.75) is 6.54 Å². The average Bonchev–Trinajstić information content (AvgIpc) is 3.35. The number of aromatic nitrogens is 2. The fraction of sp³-hybridized carbons (Fsp3) is 0.0217. The molecular weight excluding hydrogens is 987 g/mol. The van der Waals surface area contributed by atoms with Crippen molar-refractivity contribution in [3.8, 4) is 0 Å². The van der Waals surface area contributed by atoms with Crippen LogP contribution in [0.5, 0.6) is 0 Å². The van der Waals surface area contributed by atoms with E-state index in [9.17, 15) is 57.5 Å². The molecule has 24 heteroatoms. The van der Waals surface area contributed by atoms with Gasteiger partial charge in [-0.25, -0.2) is 87.8 Å². The van der Waals surface area contributed by atoms with Crippen LogP contribution < -0.4 is 26.4 Å². The molecule has 0 fully saturated rings. The van der Waals surface area contributed by atoms with Crippen molar-refractivity contribution in [3.63, 3.8) is 0 Å². The lowest BCUT2D eigenvalue weighted by Gasteiger charge is -2.44. The number of rotatable bonds is 7. The Kier molecular flexibility index (Phi) is 12.3. The maximum atomic E-state index is 15.4. The van der Waals surface area contributed by atoms with Gasteiger partial charge < -0.3 is 0 Å². The Morgan fingerprint density at radius 3 is 1.00 bits per heavy atom. The minimum Gasteiger partial charge on any atom is -0.287 e. The van der Waals surface area contributed by atoms with E-state index >= 15 is 35.1 Å². The summed E-state index contributed by atoms with van der Waals surface area (Å²) >= 11 is 0. The van der Waals surface area contributed by atoms with Crippen LogP contribution in [0.1, 0.15) is 10.4 Å². The first-order valence-corrected chi connectivity index (χ1v) is 19.2. The lowest BCUT2D eigenvalue weighted by molar-refractivity contribution is -0.683. The topological polar surface area (TPSA) is 33.8 Å². The Balaban J connectivity index is 0.000000219. The normalized spacial score (nSPS) is 11.8. The van der Waals surface area contributed by atoms with Crippen LogP contribution in [0.15, 0.2) is 79.4 Å². The molecule has 358 valence electrons. The summed E-state index contributed by atoms with van der Waals surface area (Å²) in [5.74, 6) is -71.3. The van der Waals surface area contributed by atoms with Crippen LogP contribution in [-0.4, -0.2) is 16.9 Å². The molecule has 0 N–H and O–H groups in total. The van der Waals surface area contributed by atoms with Gasteiger partial charge in [0.15, 0.2) is 82.2 Å². The molecule has 0 aliphatic heterocycles. The molecule has 1 heterocycles. The number of nitrogens with zero attached hydrogens (tertiary/aromatic N) is 2. The van der Waals surface area contributed by atoms with E-state index in [-0.39, 0.29) is 5.78 Å². The van der Waals surface area contributed by atoms with Crippen molar-refractivity contribution in [3.05, 3.63) is 201 Å². The molecule has 0 radical (unpaired) electrons. The van der Waals surface area contributed by atoms with Gasteiger partial charge in [0.25, 0.3) is 0 Å². The van der Waals surface area contributed by atoms with Gasteiger partial charge in [-0.3, -0.25) is 9.78 Å². The van der Waals surface area contributed by atoms with Crippen molar-refractivity contribution in [1.29, 1.82) is 0 Å². The SMILES string of the molecule is Fc1c(F)c(F)c([B-](c2c(F)c(F)c(F)c(F)c2F)(c2c(F)c(F)c(F)c(F)c2F)c2c(F)c(F)c(F)c(F)c2F)c(F)c1F.O=C(C[n+]1ccncc1)c1ccc2ccc3cccc4ccc1c2c34.